The zero-order valence-electron chi connectivity index (χ0n) is 14.0. The molecule has 2 aliphatic rings. The second kappa shape index (κ2) is 8.45. The number of halogens is 2. The van der Waals surface area contributed by atoms with Crippen molar-refractivity contribution in [2.45, 2.75) is 19.3 Å². The summed E-state index contributed by atoms with van der Waals surface area (Å²) in [4.78, 5) is 15.0. The maximum absolute atomic E-state index is 12.6. The minimum absolute atomic E-state index is 0. The summed E-state index contributed by atoms with van der Waals surface area (Å²) in [7, 11) is 0. The van der Waals surface area contributed by atoms with Crippen LogP contribution in [-0.2, 0) is 6.42 Å². The van der Waals surface area contributed by atoms with Crippen molar-refractivity contribution in [3.63, 3.8) is 0 Å². The number of amides is 1. The van der Waals surface area contributed by atoms with Crippen LogP contribution in [-0.4, -0.2) is 25.5 Å². The number of anilines is 3. The maximum atomic E-state index is 12.6. The fraction of sp³-hybridized carbons (Fsp3) is 0.316. The van der Waals surface area contributed by atoms with Gasteiger partial charge in [-0.15, -0.1) is 24.8 Å². The van der Waals surface area contributed by atoms with Crippen molar-refractivity contribution in [3.05, 3.63) is 53.6 Å². The molecule has 4 rings (SSSR count). The van der Waals surface area contributed by atoms with Crippen LogP contribution in [0, 0.1) is 0 Å². The third-order valence-corrected chi connectivity index (χ3v) is 4.68. The number of hydrogen-bond donors (Lipinski definition) is 2. The molecule has 1 saturated heterocycles. The van der Waals surface area contributed by atoms with E-state index in [2.05, 4.69) is 21.6 Å². The molecule has 0 aromatic heterocycles. The van der Waals surface area contributed by atoms with E-state index in [0.717, 1.165) is 48.7 Å². The lowest BCUT2D eigenvalue weighted by atomic mass is 10.1. The Morgan fingerprint density at radius 2 is 1.80 bits per heavy atom. The molecular weight excluding hydrogens is 357 g/mol. The Hall–Kier alpha value is -1.91. The molecule has 0 bridgehead atoms. The van der Waals surface area contributed by atoms with Crippen LogP contribution in [0.5, 0.6) is 0 Å². The molecule has 0 radical (unpaired) electrons. The van der Waals surface area contributed by atoms with Gasteiger partial charge in [-0.1, -0.05) is 12.1 Å². The van der Waals surface area contributed by atoms with E-state index >= 15 is 0 Å². The van der Waals surface area contributed by atoms with Gasteiger partial charge in [-0.2, -0.15) is 0 Å². The first kappa shape index (κ1) is 19.4. The van der Waals surface area contributed by atoms with Crippen LogP contribution < -0.4 is 15.5 Å². The molecule has 0 atom stereocenters. The van der Waals surface area contributed by atoms with Crippen LogP contribution in [0.25, 0.3) is 0 Å². The van der Waals surface area contributed by atoms with E-state index in [1.165, 1.54) is 18.4 Å². The van der Waals surface area contributed by atoms with Gasteiger partial charge < -0.3 is 15.5 Å². The maximum Gasteiger partial charge on any atom is 0.255 e. The van der Waals surface area contributed by atoms with Gasteiger partial charge in [-0.05, 0) is 55.2 Å². The van der Waals surface area contributed by atoms with E-state index in [9.17, 15) is 4.79 Å². The Kier molecular flexibility index (Phi) is 6.57. The molecule has 2 aliphatic heterocycles. The minimum atomic E-state index is -0.0358. The van der Waals surface area contributed by atoms with E-state index in [0.29, 0.717) is 0 Å². The Labute approximate surface area is 160 Å². The minimum Gasteiger partial charge on any atom is -0.384 e. The van der Waals surface area contributed by atoms with Crippen molar-refractivity contribution >= 4 is 47.8 Å². The zero-order chi connectivity index (χ0) is 15.6. The number of nitrogens with one attached hydrogen (secondary N) is 2. The van der Waals surface area contributed by atoms with Crippen molar-refractivity contribution < 1.29 is 4.79 Å². The van der Waals surface area contributed by atoms with Crippen molar-refractivity contribution in [2.75, 3.05) is 35.2 Å². The van der Waals surface area contributed by atoms with Gasteiger partial charge in [-0.3, -0.25) is 4.79 Å². The van der Waals surface area contributed by atoms with E-state index in [-0.39, 0.29) is 30.7 Å². The van der Waals surface area contributed by atoms with Crippen molar-refractivity contribution in [3.8, 4) is 0 Å². The normalized spacial score (nSPS) is 14.8. The molecule has 6 heteroatoms. The highest BCUT2D eigenvalue weighted by atomic mass is 35.5. The number of nitrogens with zero attached hydrogens (tertiary/aromatic N) is 1. The highest BCUT2D eigenvalue weighted by Crippen LogP contribution is 2.29. The van der Waals surface area contributed by atoms with Gasteiger partial charge in [0, 0.05) is 30.9 Å². The first-order valence-electron chi connectivity index (χ1n) is 8.33. The summed E-state index contributed by atoms with van der Waals surface area (Å²) in [5.41, 5.74) is 5.13. The topological polar surface area (TPSA) is 44.4 Å². The molecule has 0 spiro atoms. The summed E-state index contributed by atoms with van der Waals surface area (Å²) in [5, 5.41) is 6.42. The zero-order valence-corrected chi connectivity index (χ0v) is 15.6. The molecule has 0 aliphatic carbocycles. The van der Waals surface area contributed by atoms with Gasteiger partial charge in [0.05, 0.1) is 11.4 Å². The number of hydrogen-bond acceptors (Lipinski definition) is 3. The number of carbonyl (C=O) groups excluding carboxylic acids is 1. The monoisotopic (exact) mass is 379 g/mol. The summed E-state index contributed by atoms with van der Waals surface area (Å²) < 4.78 is 0. The van der Waals surface area contributed by atoms with Gasteiger partial charge in [0.2, 0.25) is 0 Å². The van der Waals surface area contributed by atoms with Gasteiger partial charge in [0.25, 0.3) is 5.91 Å². The molecule has 2 heterocycles. The second-order valence-electron chi connectivity index (χ2n) is 6.21. The van der Waals surface area contributed by atoms with E-state index in [1.807, 2.05) is 36.4 Å². The lowest BCUT2D eigenvalue weighted by Crippen LogP contribution is -2.21. The molecule has 25 heavy (non-hydrogen) atoms. The van der Waals surface area contributed by atoms with Crippen LogP contribution in [0.3, 0.4) is 0 Å². The van der Waals surface area contributed by atoms with Gasteiger partial charge in [-0.25, -0.2) is 0 Å². The number of fused-ring (bicyclic) bond motifs is 1. The molecule has 2 aromatic rings. The molecule has 2 N–H and O–H groups in total. The predicted octanol–water partition coefficient (Wildman–Crippen LogP) is 4.35. The number of benzene rings is 2. The molecular formula is C19H23Cl2N3O. The largest absolute Gasteiger partial charge is 0.384 e. The van der Waals surface area contributed by atoms with Gasteiger partial charge >= 0.3 is 0 Å². The summed E-state index contributed by atoms with van der Waals surface area (Å²) in [6.45, 7) is 3.09. The molecule has 0 unspecified atom stereocenters. The molecule has 2 aromatic carbocycles. The summed E-state index contributed by atoms with van der Waals surface area (Å²) in [5.74, 6) is -0.0358. The Morgan fingerprint density at radius 1 is 1.04 bits per heavy atom. The third kappa shape index (κ3) is 4.02. The van der Waals surface area contributed by atoms with E-state index < -0.39 is 0 Å². The van der Waals surface area contributed by atoms with Crippen LogP contribution in [0.2, 0.25) is 0 Å². The fourth-order valence-electron chi connectivity index (χ4n) is 3.45. The smallest absolute Gasteiger partial charge is 0.255 e. The number of rotatable bonds is 3. The van der Waals surface area contributed by atoms with Crippen LogP contribution >= 0.6 is 24.8 Å². The quantitative estimate of drug-likeness (QED) is 0.832. The van der Waals surface area contributed by atoms with Crippen LogP contribution in [0.1, 0.15) is 28.8 Å². The SMILES string of the molecule is Cl.Cl.O=C(Nc1ccccc1N1CCCC1)c1ccc2c(c1)CCN2. The van der Waals surface area contributed by atoms with E-state index in [1.54, 1.807) is 0 Å². The van der Waals surface area contributed by atoms with Crippen LogP contribution in [0.15, 0.2) is 42.5 Å². The van der Waals surface area contributed by atoms with Gasteiger partial charge in [0.15, 0.2) is 0 Å². The lowest BCUT2D eigenvalue weighted by Gasteiger charge is -2.21. The third-order valence-electron chi connectivity index (χ3n) is 4.68. The number of carbonyl (C=O) groups is 1. The predicted molar refractivity (Wildman–Crippen MR) is 109 cm³/mol. The molecule has 4 nitrogen and oxygen atoms in total. The lowest BCUT2D eigenvalue weighted by molar-refractivity contribution is 0.102. The standard InChI is InChI=1S/C19H21N3O.2ClH/c23-19(15-7-8-16-14(13-15)9-10-20-16)21-17-5-1-2-6-18(17)22-11-3-4-12-22;;/h1-2,5-8,13,20H,3-4,9-12H2,(H,21,23);2*1H. The summed E-state index contributed by atoms with van der Waals surface area (Å²) in [6.07, 6.45) is 3.43. The first-order chi connectivity index (χ1) is 11.3. The molecule has 134 valence electrons. The van der Waals surface area contributed by atoms with Crippen molar-refractivity contribution in [2.24, 2.45) is 0 Å². The average Bonchev–Trinajstić information content (AvgIpc) is 3.26. The molecule has 1 fully saturated rings. The molecule has 0 saturated carbocycles. The van der Waals surface area contributed by atoms with Crippen molar-refractivity contribution in [1.29, 1.82) is 0 Å². The Bertz CT molecular complexity index is 745. The fourth-order valence-corrected chi connectivity index (χ4v) is 3.45. The highest BCUT2D eigenvalue weighted by Gasteiger charge is 2.18. The second-order valence-corrected chi connectivity index (χ2v) is 6.21. The Balaban J connectivity index is 0.00000113. The Morgan fingerprint density at radius 3 is 2.60 bits per heavy atom. The average molecular weight is 380 g/mol. The van der Waals surface area contributed by atoms with Crippen LogP contribution in [0.4, 0.5) is 17.1 Å². The first-order valence-corrected chi connectivity index (χ1v) is 8.33. The number of para-hydroxylation sites is 2. The van der Waals surface area contributed by atoms with Crippen molar-refractivity contribution in [1.82, 2.24) is 0 Å². The summed E-state index contributed by atoms with van der Waals surface area (Å²) in [6, 6.07) is 14.0. The summed E-state index contributed by atoms with van der Waals surface area (Å²) >= 11 is 0. The molecule has 1 amide bonds. The van der Waals surface area contributed by atoms with Gasteiger partial charge in [0.1, 0.15) is 0 Å². The highest BCUT2D eigenvalue weighted by molar-refractivity contribution is 6.06. The van der Waals surface area contributed by atoms with E-state index in [4.69, 9.17) is 0 Å².